The van der Waals surface area contributed by atoms with Crippen molar-refractivity contribution in [3.8, 4) is 12.3 Å². The van der Waals surface area contributed by atoms with Gasteiger partial charge in [-0.25, -0.2) is 0 Å². The number of amides is 2. The van der Waals surface area contributed by atoms with E-state index in [2.05, 4.69) is 11.2 Å². The monoisotopic (exact) mass is 371 g/mol. The second kappa shape index (κ2) is 9.03. The highest BCUT2D eigenvalue weighted by molar-refractivity contribution is 5.90. The first kappa shape index (κ1) is 20.9. The molecule has 1 fully saturated rings. The van der Waals surface area contributed by atoms with E-state index in [1.807, 2.05) is 38.1 Å². The standard InChI is InChI=1S/C21H29N3O3/c1-4-15-7-9-16(10-8-15)14-23-19(26)17-6-5-12-24(17)20(27)18(22)21(2,3)11-13-25/h1,7-10,17-18,25H,5-6,11-14,22H2,2-3H3,(H,23,26). The smallest absolute Gasteiger partial charge is 0.243 e. The number of hydrogen-bond acceptors (Lipinski definition) is 4. The van der Waals surface area contributed by atoms with Gasteiger partial charge in [-0.15, -0.1) is 6.42 Å². The summed E-state index contributed by atoms with van der Waals surface area (Å²) in [5.74, 6) is 2.15. The summed E-state index contributed by atoms with van der Waals surface area (Å²) in [5.41, 5.74) is 7.36. The lowest BCUT2D eigenvalue weighted by Gasteiger charge is -2.34. The molecule has 2 amide bonds. The summed E-state index contributed by atoms with van der Waals surface area (Å²) in [6, 6.07) is 6.15. The van der Waals surface area contributed by atoms with Crippen LogP contribution in [0.5, 0.6) is 0 Å². The molecule has 1 aliphatic heterocycles. The van der Waals surface area contributed by atoms with Crippen LogP contribution in [0.3, 0.4) is 0 Å². The number of hydrogen-bond donors (Lipinski definition) is 3. The molecule has 1 aliphatic rings. The molecule has 0 radical (unpaired) electrons. The first-order chi connectivity index (χ1) is 12.8. The van der Waals surface area contributed by atoms with Crippen molar-refractivity contribution in [3.63, 3.8) is 0 Å². The van der Waals surface area contributed by atoms with Crippen molar-refractivity contribution >= 4 is 11.8 Å². The Balaban J connectivity index is 1.98. The van der Waals surface area contributed by atoms with Crippen molar-refractivity contribution in [1.82, 2.24) is 10.2 Å². The predicted molar refractivity (Wildman–Crippen MR) is 104 cm³/mol. The zero-order valence-corrected chi connectivity index (χ0v) is 16.1. The summed E-state index contributed by atoms with van der Waals surface area (Å²) in [4.78, 5) is 27.1. The van der Waals surface area contributed by atoms with Gasteiger partial charge in [0.25, 0.3) is 0 Å². The first-order valence-corrected chi connectivity index (χ1v) is 9.30. The zero-order valence-electron chi connectivity index (χ0n) is 16.1. The number of nitrogens with zero attached hydrogens (tertiary/aromatic N) is 1. The third kappa shape index (κ3) is 5.09. The van der Waals surface area contributed by atoms with Gasteiger partial charge in [0.15, 0.2) is 0 Å². The topological polar surface area (TPSA) is 95.7 Å². The Bertz CT molecular complexity index is 706. The normalized spacial score (nSPS) is 18.0. The van der Waals surface area contributed by atoms with Crippen LogP contribution in [0, 0.1) is 17.8 Å². The van der Waals surface area contributed by atoms with Crippen molar-refractivity contribution in [2.75, 3.05) is 13.2 Å². The average molecular weight is 371 g/mol. The number of benzene rings is 1. The number of likely N-dealkylation sites (tertiary alicyclic amines) is 1. The molecule has 27 heavy (non-hydrogen) atoms. The van der Waals surface area contributed by atoms with E-state index in [9.17, 15) is 14.7 Å². The van der Waals surface area contributed by atoms with Crippen molar-refractivity contribution in [1.29, 1.82) is 0 Å². The summed E-state index contributed by atoms with van der Waals surface area (Å²) >= 11 is 0. The highest BCUT2D eigenvalue weighted by atomic mass is 16.3. The van der Waals surface area contributed by atoms with E-state index in [0.29, 0.717) is 25.9 Å². The minimum Gasteiger partial charge on any atom is -0.396 e. The maximum atomic E-state index is 12.8. The maximum Gasteiger partial charge on any atom is 0.243 e. The molecule has 0 bridgehead atoms. The second-order valence-electron chi connectivity index (χ2n) is 7.69. The third-order valence-corrected chi connectivity index (χ3v) is 5.29. The van der Waals surface area contributed by atoms with E-state index in [0.717, 1.165) is 17.5 Å². The molecule has 2 atom stereocenters. The quantitative estimate of drug-likeness (QED) is 0.624. The number of nitrogens with one attached hydrogen (secondary N) is 1. The Hall–Kier alpha value is -2.36. The van der Waals surface area contributed by atoms with E-state index in [-0.39, 0.29) is 18.4 Å². The van der Waals surface area contributed by atoms with Gasteiger partial charge in [-0.05, 0) is 42.4 Å². The van der Waals surface area contributed by atoms with Gasteiger partial charge in [0.1, 0.15) is 6.04 Å². The lowest BCUT2D eigenvalue weighted by atomic mass is 9.81. The molecule has 2 rings (SSSR count). The van der Waals surface area contributed by atoms with Gasteiger partial charge in [-0.1, -0.05) is 31.9 Å². The number of carbonyl (C=O) groups excluding carboxylic acids is 2. The van der Waals surface area contributed by atoms with Crippen LogP contribution in [0.25, 0.3) is 0 Å². The van der Waals surface area contributed by atoms with E-state index in [4.69, 9.17) is 12.2 Å². The number of rotatable bonds is 7. The van der Waals surface area contributed by atoms with Crippen molar-refractivity contribution < 1.29 is 14.7 Å². The predicted octanol–water partition coefficient (Wildman–Crippen LogP) is 1.01. The summed E-state index contributed by atoms with van der Waals surface area (Å²) < 4.78 is 0. The highest BCUT2D eigenvalue weighted by Crippen LogP contribution is 2.27. The van der Waals surface area contributed by atoms with Gasteiger partial charge in [-0.2, -0.15) is 0 Å². The fraction of sp³-hybridized carbons (Fsp3) is 0.524. The van der Waals surface area contributed by atoms with E-state index in [1.165, 1.54) is 0 Å². The van der Waals surface area contributed by atoms with Crippen LogP contribution < -0.4 is 11.1 Å². The SMILES string of the molecule is C#Cc1ccc(CNC(=O)C2CCCN2C(=O)C(N)C(C)(C)CCO)cc1. The van der Waals surface area contributed by atoms with Crippen LogP contribution in [0.4, 0.5) is 0 Å². The summed E-state index contributed by atoms with van der Waals surface area (Å²) in [7, 11) is 0. The van der Waals surface area contributed by atoms with E-state index in [1.54, 1.807) is 4.90 Å². The molecule has 6 nitrogen and oxygen atoms in total. The average Bonchev–Trinajstić information content (AvgIpc) is 3.15. The Morgan fingerprint density at radius 2 is 2.07 bits per heavy atom. The van der Waals surface area contributed by atoms with Crippen LogP contribution in [-0.2, 0) is 16.1 Å². The number of terminal acetylenes is 1. The fourth-order valence-electron chi connectivity index (χ4n) is 3.29. The molecule has 4 N–H and O–H groups in total. The van der Waals surface area contributed by atoms with Gasteiger partial charge in [0.2, 0.25) is 11.8 Å². The Morgan fingerprint density at radius 3 is 2.67 bits per heavy atom. The Morgan fingerprint density at radius 1 is 1.41 bits per heavy atom. The molecule has 1 aromatic rings. The minimum absolute atomic E-state index is 0.0314. The molecular formula is C21H29N3O3. The van der Waals surface area contributed by atoms with Crippen LogP contribution >= 0.6 is 0 Å². The van der Waals surface area contributed by atoms with Crippen LogP contribution in [0.1, 0.15) is 44.2 Å². The second-order valence-corrected chi connectivity index (χ2v) is 7.69. The van der Waals surface area contributed by atoms with Crippen molar-refractivity contribution in [2.45, 2.75) is 51.7 Å². The Kier molecular flexibility index (Phi) is 7.00. The van der Waals surface area contributed by atoms with Gasteiger partial charge >= 0.3 is 0 Å². The molecule has 1 heterocycles. The molecule has 0 aromatic heterocycles. The van der Waals surface area contributed by atoms with Gasteiger partial charge in [0, 0.05) is 25.3 Å². The minimum atomic E-state index is -0.755. The lowest BCUT2D eigenvalue weighted by Crippen LogP contribution is -2.55. The summed E-state index contributed by atoms with van der Waals surface area (Å²) in [6.07, 6.45) is 7.17. The third-order valence-electron chi connectivity index (χ3n) is 5.29. The fourth-order valence-corrected chi connectivity index (χ4v) is 3.29. The largest absolute Gasteiger partial charge is 0.396 e. The van der Waals surface area contributed by atoms with Crippen molar-refractivity contribution in [2.24, 2.45) is 11.1 Å². The number of aliphatic hydroxyl groups excluding tert-OH is 1. The number of nitrogens with two attached hydrogens (primary N) is 1. The van der Waals surface area contributed by atoms with Gasteiger partial charge in [0.05, 0.1) is 6.04 Å². The molecule has 0 saturated carbocycles. The zero-order chi connectivity index (χ0) is 20.0. The summed E-state index contributed by atoms with van der Waals surface area (Å²) in [5, 5.41) is 12.1. The molecule has 0 aliphatic carbocycles. The van der Waals surface area contributed by atoms with Gasteiger partial charge < -0.3 is 21.1 Å². The number of aliphatic hydroxyl groups is 1. The Labute approximate surface area is 161 Å². The molecule has 146 valence electrons. The molecular weight excluding hydrogens is 342 g/mol. The van der Waals surface area contributed by atoms with E-state index < -0.39 is 17.5 Å². The molecule has 0 spiro atoms. The highest BCUT2D eigenvalue weighted by Gasteiger charge is 2.40. The lowest BCUT2D eigenvalue weighted by molar-refractivity contribution is -0.141. The van der Waals surface area contributed by atoms with Crippen LogP contribution in [0.2, 0.25) is 0 Å². The number of carbonyl (C=O) groups is 2. The molecule has 1 aromatic carbocycles. The van der Waals surface area contributed by atoms with Crippen LogP contribution in [0.15, 0.2) is 24.3 Å². The van der Waals surface area contributed by atoms with E-state index >= 15 is 0 Å². The summed E-state index contributed by atoms with van der Waals surface area (Å²) in [6.45, 7) is 4.59. The van der Waals surface area contributed by atoms with Crippen molar-refractivity contribution in [3.05, 3.63) is 35.4 Å². The van der Waals surface area contributed by atoms with Gasteiger partial charge in [-0.3, -0.25) is 9.59 Å². The van der Waals surface area contributed by atoms with Crippen LogP contribution in [-0.4, -0.2) is 47.1 Å². The first-order valence-electron chi connectivity index (χ1n) is 9.30. The molecule has 2 unspecified atom stereocenters. The molecule has 1 saturated heterocycles. The maximum absolute atomic E-state index is 12.8. The molecule has 6 heteroatoms.